The first kappa shape index (κ1) is 20.3. The number of rotatable bonds is 8. The highest BCUT2D eigenvalue weighted by molar-refractivity contribution is 7.89. The topological polar surface area (TPSA) is 133 Å². The zero-order valence-corrected chi connectivity index (χ0v) is 14.5. The second kappa shape index (κ2) is 8.58. The van der Waals surface area contributed by atoms with Crippen molar-refractivity contribution in [3.8, 4) is 11.5 Å². The lowest BCUT2D eigenvalue weighted by Crippen LogP contribution is -2.42. The van der Waals surface area contributed by atoms with Crippen LogP contribution < -0.4 is 10.2 Å². The Labute approximate surface area is 153 Å². The minimum atomic E-state index is -4.32. The minimum Gasteiger partial charge on any atom is -0.480 e. The lowest BCUT2D eigenvalue weighted by atomic mass is 10.3. The average molecular weight is 398 g/mol. The molecule has 0 bridgehead atoms. The van der Waals surface area contributed by atoms with Crippen LogP contribution in [0.4, 0.5) is 4.39 Å². The van der Waals surface area contributed by atoms with Crippen molar-refractivity contribution < 1.29 is 37.4 Å². The summed E-state index contributed by atoms with van der Waals surface area (Å²) < 4.78 is 43.8. The summed E-state index contributed by atoms with van der Waals surface area (Å²) in [5.41, 5.74) is 1.25. The van der Waals surface area contributed by atoms with Crippen molar-refractivity contribution in [1.82, 2.24) is 9.79 Å². The first-order chi connectivity index (χ1) is 12.7. The predicted molar refractivity (Wildman–Crippen MR) is 89.2 cm³/mol. The van der Waals surface area contributed by atoms with Crippen molar-refractivity contribution >= 4 is 21.9 Å². The van der Waals surface area contributed by atoms with Gasteiger partial charge in [0.1, 0.15) is 23.9 Å². The van der Waals surface area contributed by atoms with Gasteiger partial charge in [-0.05, 0) is 48.5 Å². The smallest absolute Gasteiger partial charge is 0.318 e. The largest absolute Gasteiger partial charge is 0.480 e. The summed E-state index contributed by atoms with van der Waals surface area (Å²) in [7, 11) is -4.32. The van der Waals surface area contributed by atoms with E-state index >= 15 is 0 Å². The van der Waals surface area contributed by atoms with Gasteiger partial charge in [0.25, 0.3) is 5.91 Å². The van der Waals surface area contributed by atoms with Gasteiger partial charge in [-0.3, -0.25) is 14.8 Å². The number of carbonyl (C=O) groups is 2. The highest BCUT2D eigenvalue weighted by atomic mass is 32.2. The van der Waals surface area contributed by atoms with Crippen LogP contribution in [0.3, 0.4) is 0 Å². The second-order valence-electron chi connectivity index (χ2n) is 5.23. The van der Waals surface area contributed by atoms with Crippen LogP contribution in [0.15, 0.2) is 53.4 Å². The SMILES string of the molecule is O=C(O)CN(CC(=O)NO)S(=O)(=O)c1ccc(Oc2ccc(F)cc2)cc1. The summed E-state index contributed by atoms with van der Waals surface area (Å²) in [6.45, 7) is -1.84. The van der Waals surface area contributed by atoms with E-state index in [0.29, 0.717) is 10.1 Å². The van der Waals surface area contributed by atoms with Gasteiger partial charge in [-0.1, -0.05) is 0 Å². The summed E-state index contributed by atoms with van der Waals surface area (Å²) in [6.07, 6.45) is 0. The lowest BCUT2D eigenvalue weighted by Gasteiger charge is -2.19. The molecule has 2 aromatic rings. The molecule has 11 heteroatoms. The van der Waals surface area contributed by atoms with Gasteiger partial charge < -0.3 is 9.84 Å². The number of ether oxygens (including phenoxy) is 1. The van der Waals surface area contributed by atoms with Crippen LogP contribution >= 0.6 is 0 Å². The van der Waals surface area contributed by atoms with E-state index in [0.717, 1.165) is 0 Å². The number of nitrogens with one attached hydrogen (secondary N) is 1. The third-order valence-electron chi connectivity index (χ3n) is 3.27. The Morgan fingerprint density at radius 1 is 1.00 bits per heavy atom. The van der Waals surface area contributed by atoms with Gasteiger partial charge in [0.05, 0.1) is 11.4 Å². The molecule has 0 saturated carbocycles. The molecule has 0 aliphatic heterocycles. The molecular formula is C16H15FN2O7S. The maximum atomic E-state index is 12.9. The van der Waals surface area contributed by atoms with Crippen molar-refractivity contribution in [2.24, 2.45) is 0 Å². The number of carboxylic acids is 1. The number of aliphatic carboxylic acids is 1. The van der Waals surface area contributed by atoms with E-state index in [1.54, 1.807) is 0 Å². The number of hydrogen-bond donors (Lipinski definition) is 3. The Balaban J connectivity index is 2.22. The summed E-state index contributed by atoms with van der Waals surface area (Å²) in [4.78, 5) is 21.9. The number of hydroxylamine groups is 1. The molecule has 0 radical (unpaired) electrons. The molecule has 0 unspecified atom stereocenters. The first-order valence-corrected chi connectivity index (χ1v) is 8.85. The van der Waals surface area contributed by atoms with Crippen LogP contribution in [0, 0.1) is 5.82 Å². The average Bonchev–Trinajstić information content (AvgIpc) is 2.63. The summed E-state index contributed by atoms with van der Waals surface area (Å²) in [5.74, 6) is -2.40. The summed E-state index contributed by atoms with van der Waals surface area (Å²) in [6, 6.07) is 10.2. The van der Waals surface area contributed by atoms with Crippen LogP contribution in [-0.4, -0.2) is 48.0 Å². The zero-order valence-electron chi connectivity index (χ0n) is 13.7. The van der Waals surface area contributed by atoms with E-state index in [-0.39, 0.29) is 10.6 Å². The van der Waals surface area contributed by atoms with Crippen molar-refractivity contribution in [2.45, 2.75) is 4.90 Å². The molecule has 27 heavy (non-hydrogen) atoms. The van der Waals surface area contributed by atoms with Gasteiger partial charge in [-0.25, -0.2) is 18.3 Å². The van der Waals surface area contributed by atoms with Gasteiger partial charge in [0.15, 0.2) is 0 Å². The van der Waals surface area contributed by atoms with E-state index in [4.69, 9.17) is 15.1 Å². The molecule has 144 valence electrons. The minimum absolute atomic E-state index is 0.262. The fourth-order valence-corrected chi connectivity index (χ4v) is 3.39. The van der Waals surface area contributed by atoms with Crippen LogP contribution in [-0.2, 0) is 19.6 Å². The maximum Gasteiger partial charge on any atom is 0.318 e. The third-order valence-corrected chi connectivity index (χ3v) is 5.07. The van der Waals surface area contributed by atoms with Gasteiger partial charge in [-0.2, -0.15) is 4.31 Å². The Bertz CT molecular complexity index is 915. The number of halogens is 1. The molecular weight excluding hydrogens is 383 g/mol. The number of hydrogen-bond acceptors (Lipinski definition) is 6. The van der Waals surface area contributed by atoms with Crippen LogP contribution in [0.25, 0.3) is 0 Å². The predicted octanol–water partition coefficient (Wildman–Crippen LogP) is 1.20. The summed E-state index contributed by atoms with van der Waals surface area (Å²) >= 11 is 0. The van der Waals surface area contributed by atoms with E-state index in [2.05, 4.69) is 0 Å². The second-order valence-corrected chi connectivity index (χ2v) is 7.17. The number of benzene rings is 2. The quantitative estimate of drug-likeness (QED) is 0.449. The molecule has 0 saturated heterocycles. The van der Waals surface area contributed by atoms with Crippen molar-refractivity contribution in [3.05, 3.63) is 54.3 Å². The fraction of sp³-hybridized carbons (Fsp3) is 0.125. The molecule has 3 N–H and O–H groups in total. The van der Waals surface area contributed by atoms with Crippen LogP contribution in [0.1, 0.15) is 0 Å². The number of carbonyl (C=O) groups excluding carboxylic acids is 1. The zero-order chi connectivity index (χ0) is 20.0. The van der Waals surface area contributed by atoms with Gasteiger partial charge in [0.2, 0.25) is 10.0 Å². The lowest BCUT2D eigenvalue weighted by molar-refractivity contribution is -0.137. The van der Waals surface area contributed by atoms with E-state index in [1.807, 2.05) is 0 Å². The molecule has 0 spiro atoms. The molecule has 1 amide bonds. The maximum absolute atomic E-state index is 12.9. The molecule has 0 fully saturated rings. The van der Waals surface area contributed by atoms with Crippen molar-refractivity contribution in [1.29, 1.82) is 0 Å². The highest BCUT2D eigenvalue weighted by Gasteiger charge is 2.28. The molecule has 2 rings (SSSR count). The summed E-state index contributed by atoms with van der Waals surface area (Å²) in [5, 5.41) is 17.4. The van der Waals surface area contributed by atoms with Crippen molar-refractivity contribution in [3.63, 3.8) is 0 Å². The standard InChI is InChI=1S/C16H15FN2O7S/c17-11-1-3-12(4-2-11)26-13-5-7-14(8-6-13)27(24,25)19(10-16(21)22)9-15(20)18-23/h1-8,23H,9-10H2,(H,18,20)(H,21,22). The number of carboxylic acid groups (broad SMARTS) is 1. The Kier molecular flexibility index (Phi) is 6.45. The molecule has 0 atom stereocenters. The number of amides is 1. The molecule has 0 aromatic heterocycles. The van der Waals surface area contributed by atoms with Gasteiger partial charge >= 0.3 is 5.97 Å². The Hall–Kier alpha value is -3.02. The normalized spacial score (nSPS) is 11.2. The highest BCUT2D eigenvalue weighted by Crippen LogP contribution is 2.24. The number of sulfonamides is 1. The van der Waals surface area contributed by atoms with Gasteiger partial charge in [-0.15, -0.1) is 0 Å². The van der Waals surface area contributed by atoms with Crippen LogP contribution in [0.2, 0.25) is 0 Å². The van der Waals surface area contributed by atoms with E-state index < -0.39 is 40.8 Å². The molecule has 0 heterocycles. The fourth-order valence-electron chi connectivity index (χ4n) is 2.04. The van der Waals surface area contributed by atoms with Gasteiger partial charge in [0, 0.05) is 0 Å². The Morgan fingerprint density at radius 2 is 1.52 bits per heavy atom. The first-order valence-electron chi connectivity index (χ1n) is 7.41. The molecule has 0 aliphatic carbocycles. The van der Waals surface area contributed by atoms with Crippen LogP contribution in [0.5, 0.6) is 11.5 Å². The Morgan fingerprint density at radius 3 is 2.00 bits per heavy atom. The van der Waals surface area contributed by atoms with Crippen molar-refractivity contribution in [2.75, 3.05) is 13.1 Å². The number of nitrogens with zero attached hydrogens (tertiary/aromatic N) is 1. The molecule has 0 aliphatic rings. The third kappa shape index (κ3) is 5.48. The van der Waals surface area contributed by atoms with E-state index in [9.17, 15) is 22.4 Å². The van der Waals surface area contributed by atoms with E-state index in [1.165, 1.54) is 54.0 Å². The molecule has 2 aromatic carbocycles. The molecule has 9 nitrogen and oxygen atoms in total. The monoisotopic (exact) mass is 398 g/mol.